The van der Waals surface area contributed by atoms with Crippen LogP contribution in [0.15, 0.2) is 47.4 Å². The van der Waals surface area contributed by atoms with E-state index in [0.29, 0.717) is 11.3 Å². The number of halogens is 2. The highest BCUT2D eigenvalue weighted by Crippen LogP contribution is 2.31. The maximum absolute atomic E-state index is 13.5. The number of hydrogen-bond acceptors (Lipinski definition) is 2. The number of terminal acetylenes is 1. The molecule has 0 saturated heterocycles. The van der Waals surface area contributed by atoms with Crippen molar-refractivity contribution in [1.82, 2.24) is 0 Å². The van der Waals surface area contributed by atoms with E-state index >= 15 is 0 Å². The molecule has 6 heteroatoms. The van der Waals surface area contributed by atoms with E-state index in [1.807, 2.05) is 0 Å². The lowest BCUT2D eigenvalue weighted by atomic mass is 10.2. The molecule has 120 valence electrons. The number of sulfonamides is 1. The number of anilines is 1. The van der Waals surface area contributed by atoms with Crippen molar-refractivity contribution in [2.75, 3.05) is 4.31 Å². The van der Waals surface area contributed by atoms with E-state index in [1.165, 1.54) is 10.4 Å². The molecule has 0 heterocycles. The van der Waals surface area contributed by atoms with Crippen LogP contribution in [0, 0.1) is 18.2 Å². The molecule has 0 spiro atoms. The Bertz CT molecular complexity index is 872. The van der Waals surface area contributed by atoms with Gasteiger partial charge in [-0.3, -0.25) is 4.31 Å². The molecule has 0 aliphatic carbocycles. The molecule has 23 heavy (non-hydrogen) atoms. The number of rotatable bonds is 4. The van der Waals surface area contributed by atoms with Gasteiger partial charge in [-0.25, -0.2) is 12.8 Å². The lowest BCUT2D eigenvalue weighted by Gasteiger charge is -2.28. The van der Waals surface area contributed by atoms with Crippen LogP contribution in [0.4, 0.5) is 10.1 Å². The minimum Gasteiger partial charge on any atom is -0.264 e. The van der Waals surface area contributed by atoms with Gasteiger partial charge in [0.25, 0.3) is 10.0 Å². The second-order valence-electron chi connectivity index (χ2n) is 5.16. The Hall–Kier alpha value is -2.03. The molecular formula is C17H15ClFNO2S. The fourth-order valence-electron chi connectivity index (χ4n) is 2.23. The molecule has 0 atom stereocenters. The highest BCUT2D eigenvalue weighted by Gasteiger charge is 2.30. The summed E-state index contributed by atoms with van der Waals surface area (Å²) in [6, 6.07) is 9.42. The van der Waals surface area contributed by atoms with Gasteiger partial charge in [0.2, 0.25) is 0 Å². The van der Waals surface area contributed by atoms with Crippen LogP contribution in [0.25, 0.3) is 0 Å². The zero-order chi connectivity index (χ0) is 17.2. The van der Waals surface area contributed by atoms with Gasteiger partial charge in [-0.15, -0.1) is 6.42 Å². The second-order valence-corrected chi connectivity index (χ2v) is 7.35. The molecule has 0 amide bonds. The fraction of sp³-hybridized carbons (Fsp3) is 0.176. The first kappa shape index (κ1) is 17.3. The SMILES string of the molecule is C#Cc1cccc(N(C(C)C)S(=O)(=O)c2cc(F)ccc2Cl)c1. The first-order chi connectivity index (χ1) is 10.8. The minimum atomic E-state index is -4.04. The quantitative estimate of drug-likeness (QED) is 0.779. The van der Waals surface area contributed by atoms with E-state index in [1.54, 1.807) is 38.1 Å². The van der Waals surface area contributed by atoms with Crippen LogP contribution < -0.4 is 4.31 Å². The van der Waals surface area contributed by atoms with Crippen molar-refractivity contribution in [3.05, 3.63) is 58.9 Å². The molecule has 0 N–H and O–H groups in total. The third kappa shape index (κ3) is 3.49. The van der Waals surface area contributed by atoms with E-state index in [2.05, 4.69) is 5.92 Å². The van der Waals surface area contributed by atoms with E-state index in [4.69, 9.17) is 18.0 Å². The summed E-state index contributed by atoms with van der Waals surface area (Å²) in [6.45, 7) is 3.43. The van der Waals surface area contributed by atoms with Crippen molar-refractivity contribution in [1.29, 1.82) is 0 Å². The van der Waals surface area contributed by atoms with Gasteiger partial charge in [-0.1, -0.05) is 23.6 Å². The zero-order valence-electron chi connectivity index (χ0n) is 12.6. The summed E-state index contributed by atoms with van der Waals surface area (Å²) < 4.78 is 40.6. The molecule has 3 nitrogen and oxygen atoms in total. The highest BCUT2D eigenvalue weighted by atomic mass is 35.5. The van der Waals surface area contributed by atoms with Crippen LogP contribution in [0.5, 0.6) is 0 Å². The summed E-state index contributed by atoms with van der Waals surface area (Å²) in [7, 11) is -4.04. The van der Waals surface area contributed by atoms with Crippen LogP contribution in [-0.4, -0.2) is 14.5 Å². The predicted octanol–water partition coefficient (Wildman–Crippen LogP) is 4.06. The molecule has 0 radical (unpaired) electrons. The van der Waals surface area contributed by atoms with Crippen molar-refractivity contribution >= 4 is 27.3 Å². The zero-order valence-corrected chi connectivity index (χ0v) is 14.2. The Kier molecular flexibility index (Phi) is 4.98. The summed E-state index contributed by atoms with van der Waals surface area (Å²) in [5, 5.41) is -0.0369. The smallest absolute Gasteiger partial charge is 0.264 e. The van der Waals surface area contributed by atoms with Gasteiger partial charge in [0.15, 0.2) is 0 Å². The molecule has 0 bridgehead atoms. The van der Waals surface area contributed by atoms with Crippen molar-refractivity contribution in [2.45, 2.75) is 24.8 Å². The van der Waals surface area contributed by atoms with Crippen LogP contribution in [0.2, 0.25) is 5.02 Å². The van der Waals surface area contributed by atoms with Crippen LogP contribution in [0.1, 0.15) is 19.4 Å². The lowest BCUT2D eigenvalue weighted by Crippen LogP contribution is -2.37. The average Bonchev–Trinajstić information content (AvgIpc) is 2.49. The average molecular weight is 352 g/mol. The molecule has 2 aromatic rings. The highest BCUT2D eigenvalue weighted by molar-refractivity contribution is 7.93. The predicted molar refractivity (Wildman–Crippen MR) is 90.6 cm³/mol. The molecule has 2 aromatic carbocycles. The van der Waals surface area contributed by atoms with Crippen molar-refractivity contribution in [3.63, 3.8) is 0 Å². The second kappa shape index (κ2) is 6.61. The van der Waals surface area contributed by atoms with Crippen LogP contribution >= 0.6 is 11.6 Å². The van der Waals surface area contributed by atoms with E-state index in [9.17, 15) is 12.8 Å². The van der Waals surface area contributed by atoms with E-state index in [0.717, 1.165) is 12.1 Å². The summed E-state index contributed by atoms with van der Waals surface area (Å²) in [6.07, 6.45) is 5.37. The maximum Gasteiger partial charge on any atom is 0.266 e. The Labute approximate surface area is 140 Å². The maximum atomic E-state index is 13.5. The lowest BCUT2D eigenvalue weighted by molar-refractivity contribution is 0.580. The Balaban J connectivity index is 2.65. The standard InChI is InChI=1S/C17H15ClFNO2S/c1-4-13-6-5-7-15(10-13)20(12(2)3)23(21,22)17-11-14(19)8-9-16(17)18/h1,5-12H,2-3H3. The first-order valence-electron chi connectivity index (χ1n) is 6.83. The van der Waals surface area contributed by atoms with Crippen molar-refractivity contribution in [2.24, 2.45) is 0 Å². The van der Waals surface area contributed by atoms with Crippen LogP contribution in [-0.2, 0) is 10.0 Å². The van der Waals surface area contributed by atoms with Crippen molar-refractivity contribution < 1.29 is 12.8 Å². The monoisotopic (exact) mass is 351 g/mol. The molecule has 0 aliphatic rings. The number of nitrogens with zero attached hydrogens (tertiary/aromatic N) is 1. The van der Waals surface area contributed by atoms with Gasteiger partial charge in [0, 0.05) is 11.6 Å². The molecule has 0 unspecified atom stereocenters. The summed E-state index contributed by atoms with van der Waals surface area (Å²) in [5.74, 6) is 1.79. The Morgan fingerprint density at radius 3 is 2.52 bits per heavy atom. The summed E-state index contributed by atoms with van der Waals surface area (Å²) in [4.78, 5) is -0.279. The topological polar surface area (TPSA) is 37.4 Å². The fourth-order valence-corrected chi connectivity index (χ4v) is 4.37. The first-order valence-corrected chi connectivity index (χ1v) is 8.65. The number of benzene rings is 2. The molecule has 2 rings (SSSR count). The number of hydrogen-bond donors (Lipinski definition) is 0. The normalized spacial score (nSPS) is 11.3. The minimum absolute atomic E-state index is 0.0369. The molecule has 0 fully saturated rings. The molecular weight excluding hydrogens is 337 g/mol. The summed E-state index contributed by atoms with van der Waals surface area (Å²) in [5.41, 5.74) is 0.949. The van der Waals surface area contributed by atoms with E-state index < -0.39 is 21.9 Å². The van der Waals surface area contributed by atoms with Gasteiger partial charge < -0.3 is 0 Å². The van der Waals surface area contributed by atoms with Gasteiger partial charge in [0.1, 0.15) is 10.7 Å². The Morgan fingerprint density at radius 1 is 1.22 bits per heavy atom. The third-order valence-electron chi connectivity index (χ3n) is 3.17. The van der Waals surface area contributed by atoms with Crippen molar-refractivity contribution in [3.8, 4) is 12.3 Å². The molecule has 0 aromatic heterocycles. The Morgan fingerprint density at radius 2 is 1.91 bits per heavy atom. The summed E-state index contributed by atoms with van der Waals surface area (Å²) >= 11 is 5.97. The largest absolute Gasteiger partial charge is 0.266 e. The van der Waals surface area contributed by atoms with E-state index in [-0.39, 0.29) is 9.92 Å². The van der Waals surface area contributed by atoms with Gasteiger partial charge in [-0.2, -0.15) is 0 Å². The molecule has 0 saturated carbocycles. The van der Waals surface area contributed by atoms with Gasteiger partial charge in [0.05, 0.1) is 10.7 Å². The van der Waals surface area contributed by atoms with Gasteiger partial charge >= 0.3 is 0 Å². The third-order valence-corrected chi connectivity index (χ3v) is 5.65. The van der Waals surface area contributed by atoms with Gasteiger partial charge in [-0.05, 0) is 50.2 Å². The molecule has 0 aliphatic heterocycles. The van der Waals surface area contributed by atoms with Crippen LogP contribution in [0.3, 0.4) is 0 Å².